The number of ether oxygens (including phenoxy) is 1. The maximum atomic E-state index is 13.2. The maximum absolute atomic E-state index is 13.2. The summed E-state index contributed by atoms with van der Waals surface area (Å²) < 4.78 is 32.9. The van der Waals surface area contributed by atoms with Crippen molar-refractivity contribution < 1.29 is 17.9 Å². The topological polar surface area (TPSA) is 66.9 Å². The van der Waals surface area contributed by atoms with Gasteiger partial charge in [-0.15, -0.1) is 0 Å². The SMILES string of the molecule is O=C(CN(Cc1ccccc1Cl)S(=O)(=O)c1ccc(Cl)cc1)N1CCOCC1. The molecule has 2 aromatic rings. The molecule has 0 bridgehead atoms. The van der Waals surface area contributed by atoms with Crippen LogP contribution in [0.5, 0.6) is 0 Å². The van der Waals surface area contributed by atoms with Crippen LogP contribution in [0.4, 0.5) is 0 Å². The van der Waals surface area contributed by atoms with Crippen LogP contribution < -0.4 is 0 Å². The fraction of sp³-hybridized carbons (Fsp3) is 0.316. The number of hydrogen-bond donors (Lipinski definition) is 0. The highest BCUT2D eigenvalue weighted by atomic mass is 35.5. The number of carbonyl (C=O) groups is 1. The number of sulfonamides is 1. The molecular weight excluding hydrogens is 423 g/mol. The molecule has 0 aliphatic carbocycles. The zero-order valence-electron chi connectivity index (χ0n) is 15.1. The molecule has 0 spiro atoms. The third kappa shape index (κ3) is 5.04. The molecule has 9 heteroatoms. The summed E-state index contributed by atoms with van der Waals surface area (Å²) in [4.78, 5) is 14.4. The van der Waals surface area contributed by atoms with Crippen molar-refractivity contribution >= 4 is 39.1 Å². The summed E-state index contributed by atoms with van der Waals surface area (Å²) in [7, 11) is -3.93. The van der Waals surface area contributed by atoms with E-state index in [4.69, 9.17) is 27.9 Å². The van der Waals surface area contributed by atoms with Crippen LogP contribution in [-0.4, -0.2) is 56.4 Å². The lowest BCUT2D eigenvalue weighted by atomic mass is 10.2. The molecule has 28 heavy (non-hydrogen) atoms. The van der Waals surface area contributed by atoms with Crippen molar-refractivity contribution in [2.45, 2.75) is 11.4 Å². The molecule has 0 aromatic heterocycles. The van der Waals surface area contributed by atoms with Crippen LogP contribution in [0.1, 0.15) is 5.56 Å². The van der Waals surface area contributed by atoms with Crippen LogP contribution in [0.3, 0.4) is 0 Å². The van der Waals surface area contributed by atoms with Crippen LogP contribution in [0, 0.1) is 0 Å². The van der Waals surface area contributed by atoms with Crippen LogP contribution in [0.25, 0.3) is 0 Å². The lowest BCUT2D eigenvalue weighted by molar-refractivity contribution is -0.135. The number of carbonyl (C=O) groups excluding carboxylic acids is 1. The minimum absolute atomic E-state index is 0.0132. The molecule has 0 N–H and O–H groups in total. The van der Waals surface area contributed by atoms with Gasteiger partial charge in [-0.3, -0.25) is 4.79 Å². The van der Waals surface area contributed by atoms with Crippen molar-refractivity contribution in [2.75, 3.05) is 32.8 Å². The quantitative estimate of drug-likeness (QED) is 0.689. The molecule has 0 saturated carbocycles. The van der Waals surface area contributed by atoms with E-state index in [-0.39, 0.29) is 23.9 Å². The van der Waals surface area contributed by atoms with Gasteiger partial charge < -0.3 is 9.64 Å². The molecule has 0 radical (unpaired) electrons. The molecule has 1 aliphatic rings. The molecule has 1 heterocycles. The largest absolute Gasteiger partial charge is 0.378 e. The van der Waals surface area contributed by atoms with Gasteiger partial charge in [-0.1, -0.05) is 41.4 Å². The van der Waals surface area contributed by atoms with Crippen molar-refractivity contribution in [2.24, 2.45) is 0 Å². The molecule has 1 amide bonds. The Morgan fingerprint density at radius 3 is 2.32 bits per heavy atom. The Morgan fingerprint density at radius 1 is 1.04 bits per heavy atom. The summed E-state index contributed by atoms with van der Waals surface area (Å²) in [5.41, 5.74) is 0.622. The molecule has 2 aromatic carbocycles. The van der Waals surface area contributed by atoms with Crippen LogP contribution in [0.15, 0.2) is 53.4 Å². The Labute approximate surface area is 174 Å². The molecule has 3 rings (SSSR count). The number of hydrogen-bond acceptors (Lipinski definition) is 4. The van der Waals surface area contributed by atoms with Crippen molar-refractivity contribution in [1.29, 1.82) is 0 Å². The summed E-state index contributed by atoms with van der Waals surface area (Å²) in [6.07, 6.45) is 0. The summed E-state index contributed by atoms with van der Waals surface area (Å²) in [5.74, 6) is -0.270. The van der Waals surface area contributed by atoms with Gasteiger partial charge in [0.05, 0.1) is 24.7 Å². The summed E-state index contributed by atoms with van der Waals surface area (Å²) in [6, 6.07) is 12.8. The second-order valence-corrected chi connectivity index (χ2v) is 9.09. The zero-order chi connectivity index (χ0) is 20.1. The number of nitrogens with zero attached hydrogens (tertiary/aromatic N) is 2. The fourth-order valence-electron chi connectivity index (χ4n) is 2.86. The van der Waals surface area contributed by atoms with E-state index in [9.17, 15) is 13.2 Å². The Balaban J connectivity index is 1.90. The van der Waals surface area contributed by atoms with Crippen LogP contribution in [-0.2, 0) is 26.1 Å². The maximum Gasteiger partial charge on any atom is 0.243 e. The number of benzene rings is 2. The van der Waals surface area contributed by atoms with Gasteiger partial charge in [-0.05, 0) is 35.9 Å². The second-order valence-electron chi connectivity index (χ2n) is 6.31. The van der Waals surface area contributed by atoms with Gasteiger partial charge in [-0.25, -0.2) is 8.42 Å². The molecule has 0 unspecified atom stereocenters. The third-order valence-corrected chi connectivity index (χ3v) is 6.86. The van der Waals surface area contributed by atoms with Gasteiger partial charge in [-0.2, -0.15) is 4.31 Å². The molecule has 1 saturated heterocycles. The molecule has 150 valence electrons. The zero-order valence-corrected chi connectivity index (χ0v) is 17.4. The Morgan fingerprint density at radius 2 is 1.68 bits per heavy atom. The van der Waals surface area contributed by atoms with Gasteiger partial charge in [0.1, 0.15) is 0 Å². The first-order valence-electron chi connectivity index (χ1n) is 8.72. The second kappa shape index (κ2) is 9.24. The number of amides is 1. The van der Waals surface area contributed by atoms with Crippen molar-refractivity contribution in [3.63, 3.8) is 0 Å². The van der Waals surface area contributed by atoms with Gasteiger partial charge in [0.2, 0.25) is 15.9 Å². The van der Waals surface area contributed by atoms with E-state index in [2.05, 4.69) is 0 Å². The number of halogens is 2. The van der Waals surface area contributed by atoms with E-state index in [1.165, 1.54) is 24.3 Å². The van der Waals surface area contributed by atoms with E-state index >= 15 is 0 Å². The van der Waals surface area contributed by atoms with E-state index in [1.807, 2.05) is 0 Å². The van der Waals surface area contributed by atoms with Gasteiger partial charge in [0.25, 0.3) is 0 Å². The first-order valence-corrected chi connectivity index (χ1v) is 10.9. The van der Waals surface area contributed by atoms with E-state index in [1.54, 1.807) is 29.2 Å². The predicted octanol–water partition coefficient (Wildman–Crippen LogP) is 3.04. The van der Waals surface area contributed by atoms with E-state index < -0.39 is 10.0 Å². The van der Waals surface area contributed by atoms with Crippen molar-refractivity contribution in [3.8, 4) is 0 Å². The fourth-order valence-corrected chi connectivity index (χ4v) is 4.55. The van der Waals surface area contributed by atoms with Crippen molar-refractivity contribution in [3.05, 3.63) is 64.1 Å². The Hall–Kier alpha value is -1.64. The Kier molecular flexibility index (Phi) is 6.95. The lowest BCUT2D eigenvalue weighted by Gasteiger charge is -2.30. The van der Waals surface area contributed by atoms with E-state index in [0.717, 1.165) is 4.31 Å². The summed E-state index contributed by atoms with van der Waals surface area (Å²) in [5, 5.41) is 0.874. The standard InChI is InChI=1S/C19H20Cl2N2O4S/c20-16-5-7-17(8-6-16)28(25,26)23(13-15-3-1-2-4-18(15)21)14-19(24)22-9-11-27-12-10-22/h1-8H,9-14H2. The highest BCUT2D eigenvalue weighted by molar-refractivity contribution is 7.89. The average molecular weight is 443 g/mol. The minimum atomic E-state index is -3.93. The first-order chi connectivity index (χ1) is 13.4. The van der Waals surface area contributed by atoms with E-state index in [0.29, 0.717) is 41.9 Å². The Bertz CT molecular complexity index is 929. The predicted molar refractivity (Wildman–Crippen MR) is 108 cm³/mol. The number of rotatable bonds is 6. The molecule has 6 nitrogen and oxygen atoms in total. The highest BCUT2D eigenvalue weighted by Crippen LogP contribution is 2.23. The highest BCUT2D eigenvalue weighted by Gasteiger charge is 2.29. The minimum Gasteiger partial charge on any atom is -0.378 e. The van der Waals surface area contributed by atoms with Crippen molar-refractivity contribution in [1.82, 2.24) is 9.21 Å². The van der Waals surface area contributed by atoms with Crippen LogP contribution in [0.2, 0.25) is 10.0 Å². The van der Waals surface area contributed by atoms with Crippen LogP contribution >= 0.6 is 23.2 Å². The normalized spacial score (nSPS) is 15.0. The van der Waals surface area contributed by atoms with Gasteiger partial charge in [0, 0.05) is 29.7 Å². The summed E-state index contributed by atoms with van der Waals surface area (Å²) >= 11 is 12.1. The molecule has 1 fully saturated rings. The molecule has 0 atom stereocenters. The van der Waals surface area contributed by atoms with Gasteiger partial charge >= 0.3 is 0 Å². The smallest absolute Gasteiger partial charge is 0.243 e. The first kappa shape index (κ1) is 21.1. The lowest BCUT2D eigenvalue weighted by Crippen LogP contribution is -2.46. The monoisotopic (exact) mass is 442 g/mol. The van der Waals surface area contributed by atoms with Gasteiger partial charge in [0.15, 0.2) is 0 Å². The average Bonchev–Trinajstić information content (AvgIpc) is 2.70. The molecular formula is C19H20Cl2N2O4S. The molecule has 1 aliphatic heterocycles. The third-order valence-electron chi connectivity index (χ3n) is 4.43. The number of morpholine rings is 1. The summed E-state index contributed by atoms with van der Waals surface area (Å²) in [6.45, 7) is 1.48.